The average Bonchev–Trinajstić information content (AvgIpc) is 2.68. The van der Waals surface area contributed by atoms with E-state index in [0.29, 0.717) is 5.92 Å². The van der Waals surface area contributed by atoms with Gasteiger partial charge in [-0.2, -0.15) is 0 Å². The van der Waals surface area contributed by atoms with Crippen molar-refractivity contribution in [3.05, 3.63) is 72.3 Å². The van der Waals surface area contributed by atoms with Gasteiger partial charge in [0.15, 0.2) is 0 Å². The number of unbranched alkanes of at least 4 members (excludes halogenated alkanes) is 2. The van der Waals surface area contributed by atoms with Crippen LogP contribution in [-0.4, -0.2) is 0 Å². The van der Waals surface area contributed by atoms with Gasteiger partial charge in [-0.05, 0) is 77.3 Å². The lowest BCUT2D eigenvalue weighted by atomic mass is 9.85. The molecule has 0 amide bonds. The second-order valence-corrected chi connectivity index (χ2v) is 7.42. The molecule has 0 radical (unpaired) electrons. The normalized spacial score (nSPS) is 13.0. The number of hydrogen-bond acceptors (Lipinski definition) is 0. The van der Waals surface area contributed by atoms with Crippen LogP contribution in [-0.2, 0) is 0 Å². The lowest BCUT2D eigenvalue weighted by Crippen LogP contribution is -2.00. The first kappa shape index (κ1) is 18.7. The summed E-state index contributed by atoms with van der Waals surface area (Å²) >= 11 is 0. The first-order valence-electron chi connectivity index (χ1n) is 10.4. The van der Waals surface area contributed by atoms with Gasteiger partial charge in [-0.1, -0.05) is 81.3 Å². The molecule has 3 aromatic carbocycles. The van der Waals surface area contributed by atoms with Gasteiger partial charge >= 0.3 is 0 Å². The first-order chi connectivity index (χ1) is 12.8. The van der Waals surface area contributed by atoms with Crippen molar-refractivity contribution in [2.24, 2.45) is 0 Å². The van der Waals surface area contributed by atoms with E-state index in [-0.39, 0.29) is 0 Å². The Hall–Kier alpha value is -2.08. The van der Waals surface area contributed by atoms with Crippen LogP contribution < -0.4 is 0 Å². The van der Waals surface area contributed by atoms with Crippen molar-refractivity contribution < 1.29 is 0 Å². The second kappa shape index (κ2) is 9.57. The second-order valence-electron chi connectivity index (χ2n) is 7.42. The van der Waals surface area contributed by atoms with Gasteiger partial charge in [0.2, 0.25) is 0 Å². The topological polar surface area (TPSA) is 0 Å². The number of benzene rings is 3. The predicted octanol–water partition coefficient (Wildman–Crippen LogP) is 8.40. The summed E-state index contributed by atoms with van der Waals surface area (Å²) < 4.78 is 0. The van der Waals surface area contributed by atoms with E-state index in [1.54, 1.807) is 5.56 Å². The van der Waals surface area contributed by atoms with Crippen LogP contribution in [0.5, 0.6) is 0 Å². The summed E-state index contributed by atoms with van der Waals surface area (Å²) in [6.07, 6.45) is 13.5. The number of rotatable bonds is 9. The Labute approximate surface area is 158 Å². The van der Waals surface area contributed by atoms with E-state index in [1.807, 2.05) is 0 Å². The molecule has 0 saturated heterocycles. The van der Waals surface area contributed by atoms with Gasteiger partial charge in [0, 0.05) is 0 Å². The highest BCUT2D eigenvalue weighted by Gasteiger charge is 2.14. The van der Waals surface area contributed by atoms with Crippen molar-refractivity contribution in [1.29, 1.82) is 0 Å². The molecule has 0 N–H and O–H groups in total. The van der Waals surface area contributed by atoms with E-state index in [4.69, 9.17) is 0 Å². The van der Waals surface area contributed by atoms with Crippen LogP contribution in [0.25, 0.3) is 21.5 Å². The zero-order valence-electron chi connectivity index (χ0n) is 16.4. The molecule has 0 nitrogen and oxygen atoms in total. The highest BCUT2D eigenvalue weighted by atomic mass is 14.2. The first-order valence-corrected chi connectivity index (χ1v) is 10.4. The van der Waals surface area contributed by atoms with Crippen LogP contribution >= 0.6 is 0 Å². The van der Waals surface area contributed by atoms with Gasteiger partial charge in [0.25, 0.3) is 0 Å². The third-order valence-electron chi connectivity index (χ3n) is 5.45. The molecule has 0 spiro atoms. The fraction of sp³-hybridized carbons (Fsp3) is 0.385. The lowest BCUT2D eigenvalue weighted by Gasteiger charge is -2.19. The molecule has 136 valence electrons. The van der Waals surface area contributed by atoms with Crippen molar-refractivity contribution in [2.45, 2.75) is 64.7 Å². The van der Waals surface area contributed by atoms with E-state index in [1.165, 1.54) is 60.1 Å². The Morgan fingerprint density at radius 3 is 2.27 bits per heavy atom. The standard InChI is InChI=1S/C26H32/c1-3-5-7-8-9-14-21(13-6-4-2)25-18-12-17-24-19-22-15-10-11-16-23(22)20-26(24)25/h5,7,10-12,15-21H,3-4,6,8-9,13-14H2,1-2H3. The van der Waals surface area contributed by atoms with E-state index < -0.39 is 0 Å². The Bertz CT molecular complexity index is 856. The zero-order valence-corrected chi connectivity index (χ0v) is 16.4. The van der Waals surface area contributed by atoms with E-state index >= 15 is 0 Å². The smallest absolute Gasteiger partial charge is 0.0143 e. The maximum Gasteiger partial charge on any atom is -0.0143 e. The molecular formula is C26H32. The third-order valence-corrected chi connectivity index (χ3v) is 5.45. The molecule has 3 rings (SSSR count). The van der Waals surface area contributed by atoms with Gasteiger partial charge in [-0.15, -0.1) is 0 Å². The van der Waals surface area contributed by atoms with Gasteiger partial charge in [0.05, 0.1) is 0 Å². The molecule has 0 aliphatic rings. The van der Waals surface area contributed by atoms with Crippen molar-refractivity contribution in [3.63, 3.8) is 0 Å². The quantitative estimate of drug-likeness (QED) is 0.208. The summed E-state index contributed by atoms with van der Waals surface area (Å²) in [6.45, 7) is 4.51. The highest BCUT2D eigenvalue weighted by molar-refractivity contribution is 5.99. The van der Waals surface area contributed by atoms with E-state index in [0.717, 1.165) is 6.42 Å². The van der Waals surface area contributed by atoms with Crippen molar-refractivity contribution in [1.82, 2.24) is 0 Å². The molecule has 26 heavy (non-hydrogen) atoms. The van der Waals surface area contributed by atoms with Crippen molar-refractivity contribution in [2.75, 3.05) is 0 Å². The fourth-order valence-corrected chi connectivity index (χ4v) is 4.02. The summed E-state index contributed by atoms with van der Waals surface area (Å²) in [5.74, 6) is 0.676. The zero-order chi connectivity index (χ0) is 18.2. The summed E-state index contributed by atoms with van der Waals surface area (Å²) in [5.41, 5.74) is 1.56. The maximum absolute atomic E-state index is 2.41. The SMILES string of the molecule is CCC=CCCCC(CCCC)c1cccc2cc3ccccc3cc12. The van der Waals surface area contributed by atoms with Gasteiger partial charge < -0.3 is 0 Å². The van der Waals surface area contributed by atoms with Crippen LogP contribution in [0.2, 0.25) is 0 Å². The molecule has 0 aromatic heterocycles. The summed E-state index contributed by atoms with van der Waals surface area (Å²) in [7, 11) is 0. The Morgan fingerprint density at radius 1 is 0.769 bits per heavy atom. The molecule has 0 saturated carbocycles. The van der Waals surface area contributed by atoms with Crippen LogP contribution in [0.3, 0.4) is 0 Å². The minimum atomic E-state index is 0.676. The lowest BCUT2D eigenvalue weighted by molar-refractivity contribution is 0.534. The largest absolute Gasteiger partial charge is 0.0888 e. The molecule has 0 heterocycles. The van der Waals surface area contributed by atoms with Crippen LogP contribution in [0, 0.1) is 0 Å². The maximum atomic E-state index is 2.41. The molecule has 0 aliphatic carbocycles. The van der Waals surface area contributed by atoms with E-state index in [2.05, 4.69) is 80.6 Å². The van der Waals surface area contributed by atoms with Crippen molar-refractivity contribution in [3.8, 4) is 0 Å². The molecule has 0 heteroatoms. The summed E-state index contributed by atoms with van der Waals surface area (Å²) in [6, 6.07) is 20.4. The number of allylic oxidation sites excluding steroid dienone is 2. The molecule has 0 fully saturated rings. The van der Waals surface area contributed by atoms with Crippen LogP contribution in [0.1, 0.15) is 70.3 Å². The Morgan fingerprint density at radius 2 is 1.50 bits per heavy atom. The molecule has 1 atom stereocenters. The van der Waals surface area contributed by atoms with Gasteiger partial charge in [-0.25, -0.2) is 0 Å². The predicted molar refractivity (Wildman–Crippen MR) is 117 cm³/mol. The highest BCUT2D eigenvalue weighted by Crippen LogP contribution is 2.35. The molecule has 0 bridgehead atoms. The van der Waals surface area contributed by atoms with E-state index in [9.17, 15) is 0 Å². The molecular weight excluding hydrogens is 312 g/mol. The summed E-state index contributed by atoms with van der Waals surface area (Å²) in [4.78, 5) is 0. The Kier molecular flexibility index (Phi) is 6.89. The number of fused-ring (bicyclic) bond motifs is 2. The van der Waals surface area contributed by atoms with Crippen LogP contribution in [0.15, 0.2) is 66.7 Å². The number of hydrogen-bond donors (Lipinski definition) is 0. The molecule has 3 aromatic rings. The van der Waals surface area contributed by atoms with Crippen LogP contribution in [0.4, 0.5) is 0 Å². The van der Waals surface area contributed by atoms with Gasteiger partial charge in [0.1, 0.15) is 0 Å². The molecule has 0 aliphatic heterocycles. The Balaban J connectivity index is 1.92. The molecule has 1 unspecified atom stereocenters. The third kappa shape index (κ3) is 4.55. The monoisotopic (exact) mass is 344 g/mol. The fourth-order valence-electron chi connectivity index (χ4n) is 4.02. The summed E-state index contributed by atoms with van der Waals surface area (Å²) in [5, 5.41) is 5.53. The van der Waals surface area contributed by atoms with Gasteiger partial charge in [-0.3, -0.25) is 0 Å². The minimum absolute atomic E-state index is 0.676. The van der Waals surface area contributed by atoms with Crippen molar-refractivity contribution >= 4 is 21.5 Å². The average molecular weight is 345 g/mol. The minimum Gasteiger partial charge on any atom is -0.0888 e.